The number of aryl methyl sites for hydroxylation is 1. The van der Waals surface area contributed by atoms with E-state index in [4.69, 9.17) is 16.9 Å². The van der Waals surface area contributed by atoms with Crippen LogP contribution in [0.25, 0.3) is 0 Å². The number of halogens is 2. The molecule has 2 aromatic rings. The summed E-state index contributed by atoms with van der Waals surface area (Å²) >= 11 is 9.66. The van der Waals surface area contributed by atoms with Crippen LogP contribution in [0.15, 0.2) is 40.9 Å². The lowest BCUT2D eigenvalue weighted by molar-refractivity contribution is 1.09. The lowest BCUT2D eigenvalue weighted by Crippen LogP contribution is -2.03. The van der Waals surface area contributed by atoms with E-state index >= 15 is 0 Å². The fourth-order valence-electron chi connectivity index (χ4n) is 1.98. The van der Waals surface area contributed by atoms with Gasteiger partial charge in [0.25, 0.3) is 0 Å². The summed E-state index contributed by atoms with van der Waals surface area (Å²) in [5.74, 6) is 0. The first-order valence-electron chi connectivity index (χ1n) is 6.35. The van der Waals surface area contributed by atoms with Crippen molar-refractivity contribution < 1.29 is 0 Å². The number of rotatable bonds is 4. The molecule has 102 valence electrons. The zero-order chi connectivity index (χ0) is 14.5. The van der Waals surface area contributed by atoms with E-state index in [2.05, 4.69) is 46.4 Å². The number of nitriles is 1. The van der Waals surface area contributed by atoms with Crippen molar-refractivity contribution in [1.29, 1.82) is 5.26 Å². The number of hydrogen-bond donors (Lipinski definition) is 1. The van der Waals surface area contributed by atoms with Gasteiger partial charge in [0.2, 0.25) is 0 Å². The lowest BCUT2D eigenvalue weighted by atomic mass is 10.1. The van der Waals surface area contributed by atoms with Crippen molar-refractivity contribution in [2.45, 2.75) is 19.9 Å². The van der Waals surface area contributed by atoms with Gasteiger partial charge in [-0.3, -0.25) is 0 Å². The zero-order valence-electron chi connectivity index (χ0n) is 11.1. The highest BCUT2D eigenvalue weighted by Crippen LogP contribution is 2.24. The van der Waals surface area contributed by atoms with Gasteiger partial charge in [0, 0.05) is 21.7 Å². The second-order valence-corrected chi connectivity index (χ2v) is 5.75. The Morgan fingerprint density at radius 3 is 2.65 bits per heavy atom. The van der Waals surface area contributed by atoms with E-state index in [0.29, 0.717) is 17.1 Å². The summed E-state index contributed by atoms with van der Waals surface area (Å²) in [7, 11) is 0. The predicted molar refractivity (Wildman–Crippen MR) is 87.0 cm³/mol. The molecule has 0 saturated heterocycles. The topological polar surface area (TPSA) is 35.8 Å². The molecule has 0 atom stereocenters. The van der Waals surface area contributed by atoms with Gasteiger partial charge in [0.1, 0.15) is 0 Å². The van der Waals surface area contributed by atoms with Crippen molar-refractivity contribution in [2.24, 2.45) is 0 Å². The summed E-state index contributed by atoms with van der Waals surface area (Å²) in [5.41, 5.74) is 3.92. The summed E-state index contributed by atoms with van der Waals surface area (Å²) in [6.07, 6.45) is 0.961. The monoisotopic (exact) mass is 348 g/mol. The number of benzene rings is 2. The van der Waals surface area contributed by atoms with Crippen LogP contribution >= 0.6 is 27.5 Å². The van der Waals surface area contributed by atoms with E-state index in [1.165, 1.54) is 5.56 Å². The van der Waals surface area contributed by atoms with Gasteiger partial charge in [-0.15, -0.1) is 0 Å². The molecule has 0 heterocycles. The molecule has 0 fully saturated rings. The van der Waals surface area contributed by atoms with Gasteiger partial charge in [0.05, 0.1) is 11.6 Å². The molecule has 0 unspecified atom stereocenters. The van der Waals surface area contributed by atoms with Gasteiger partial charge in [0.15, 0.2) is 0 Å². The van der Waals surface area contributed by atoms with E-state index in [-0.39, 0.29) is 0 Å². The number of anilines is 1. The maximum Gasteiger partial charge on any atom is 0.0992 e. The SMILES string of the molecule is CCc1cc(Br)ccc1NCc1ccc(C#N)cc1Cl. The second kappa shape index (κ2) is 6.78. The first kappa shape index (κ1) is 14.9. The van der Waals surface area contributed by atoms with E-state index in [1.54, 1.807) is 12.1 Å². The average molecular weight is 350 g/mol. The molecule has 0 aliphatic rings. The third kappa shape index (κ3) is 3.53. The van der Waals surface area contributed by atoms with Gasteiger partial charge in [-0.25, -0.2) is 0 Å². The van der Waals surface area contributed by atoms with Gasteiger partial charge in [-0.1, -0.05) is 40.5 Å². The molecule has 0 amide bonds. The van der Waals surface area contributed by atoms with Crippen LogP contribution in [-0.4, -0.2) is 0 Å². The Labute approximate surface area is 132 Å². The normalized spacial score (nSPS) is 10.1. The molecule has 1 N–H and O–H groups in total. The molecule has 2 aromatic carbocycles. The second-order valence-electron chi connectivity index (χ2n) is 4.43. The molecular weight excluding hydrogens is 336 g/mol. The number of hydrogen-bond acceptors (Lipinski definition) is 2. The fourth-order valence-corrected chi connectivity index (χ4v) is 2.63. The lowest BCUT2D eigenvalue weighted by Gasteiger charge is -2.12. The fraction of sp³-hybridized carbons (Fsp3) is 0.188. The Morgan fingerprint density at radius 1 is 1.20 bits per heavy atom. The maximum absolute atomic E-state index is 8.83. The molecule has 0 aromatic heterocycles. The van der Waals surface area contributed by atoms with E-state index in [1.807, 2.05) is 12.1 Å². The third-order valence-electron chi connectivity index (χ3n) is 3.10. The summed E-state index contributed by atoms with van der Waals surface area (Å²) < 4.78 is 1.08. The first-order chi connectivity index (χ1) is 9.63. The van der Waals surface area contributed by atoms with Crippen molar-refractivity contribution in [3.63, 3.8) is 0 Å². The van der Waals surface area contributed by atoms with Crippen molar-refractivity contribution in [3.8, 4) is 6.07 Å². The minimum Gasteiger partial charge on any atom is -0.381 e. The summed E-state index contributed by atoms with van der Waals surface area (Å²) in [6, 6.07) is 13.6. The van der Waals surface area contributed by atoms with Crippen LogP contribution in [0.4, 0.5) is 5.69 Å². The van der Waals surface area contributed by atoms with Gasteiger partial charge < -0.3 is 5.32 Å². The smallest absolute Gasteiger partial charge is 0.0992 e. The standard InChI is InChI=1S/C16H14BrClN2/c1-2-12-8-14(17)5-6-16(12)20-10-13-4-3-11(9-19)7-15(13)18/h3-8,20H,2,10H2,1H3. The molecule has 0 radical (unpaired) electrons. The minimum atomic E-state index is 0.580. The van der Waals surface area contributed by atoms with Crippen LogP contribution in [0.3, 0.4) is 0 Å². The molecule has 0 spiro atoms. The van der Waals surface area contributed by atoms with Gasteiger partial charge >= 0.3 is 0 Å². The highest BCUT2D eigenvalue weighted by atomic mass is 79.9. The average Bonchev–Trinajstić information content (AvgIpc) is 2.46. The van der Waals surface area contributed by atoms with Crippen LogP contribution in [0.1, 0.15) is 23.6 Å². The molecule has 0 aliphatic heterocycles. The van der Waals surface area contributed by atoms with E-state index < -0.39 is 0 Å². The van der Waals surface area contributed by atoms with Crippen LogP contribution in [0, 0.1) is 11.3 Å². The molecule has 4 heteroatoms. The molecular formula is C16H14BrClN2. The van der Waals surface area contributed by atoms with Gasteiger partial charge in [-0.2, -0.15) is 5.26 Å². The van der Waals surface area contributed by atoms with Crippen molar-refractivity contribution >= 4 is 33.2 Å². The Morgan fingerprint density at radius 2 is 2.00 bits per heavy atom. The maximum atomic E-state index is 8.83. The van der Waals surface area contributed by atoms with E-state index in [0.717, 1.165) is 22.1 Å². The number of nitrogens with one attached hydrogen (secondary N) is 1. The molecule has 2 rings (SSSR count). The largest absolute Gasteiger partial charge is 0.381 e. The Kier molecular flexibility index (Phi) is 5.05. The highest BCUT2D eigenvalue weighted by Gasteiger charge is 2.05. The Balaban J connectivity index is 2.15. The summed E-state index contributed by atoms with van der Waals surface area (Å²) in [4.78, 5) is 0. The van der Waals surface area contributed by atoms with Crippen molar-refractivity contribution in [2.75, 3.05) is 5.32 Å². The highest BCUT2D eigenvalue weighted by molar-refractivity contribution is 9.10. The van der Waals surface area contributed by atoms with Crippen LogP contribution in [-0.2, 0) is 13.0 Å². The predicted octanol–water partition coefficient (Wildman–Crippen LogP) is 5.15. The quantitative estimate of drug-likeness (QED) is 0.828. The van der Waals surface area contributed by atoms with Crippen LogP contribution in [0.2, 0.25) is 5.02 Å². The molecule has 0 aliphatic carbocycles. The van der Waals surface area contributed by atoms with Gasteiger partial charge in [-0.05, 0) is 47.9 Å². The Hall–Kier alpha value is -1.50. The van der Waals surface area contributed by atoms with Crippen molar-refractivity contribution in [1.82, 2.24) is 0 Å². The molecule has 0 bridgehead atoms. The summed E-state index contributed by atoms with van der Waals surface area (Å²) in [5, 5.41) is 12.8. The zero-order valence-corrected chi connectivity index (χ0v) is 13.4. The molecule has 2 nitrogen and oxygen atoms in total. The summed E-state index contributed by atoms with van der Waals surface area (Å²) in [6.45, 7) is 2.76. The number of nitrogens with zero attached hydrogens (tertiary/aromatic N) is 1. The van der Waals surface area contributed by atoms with Crippen molar-refractivity contribution in [3.05, 3.63) is 62.6 Å². The van der Waals surface area contributed by atoms with E-state index in [9.17, 15) is 0 Å². The minimum absolute atomic E-state index is 0.580. The van der Waals surface area contributed by atoms with Crippen LogP contribution < -0.4 is 5.32 Å². The first-order valence-corrected chi connectivity index (χ1v) is 7.52. The third-order valence-corrected chi connectivity index (χ3v) is 3.94. The molecule has 0 saturated carbocycles. The van der Waals surface area contributed by atoms with Crippen LogP contribution in [0.5, 0.6) is 0 Å². The molecule has 20 heavy (non-hydrogen) atoms. The Bertz CT molecular complexity index is 662.